The Hall–Kier alpha value is -6.59. The molecule has 2 aliphatic heterocycles. The number of anilines is 1. The molecule has 0 spiro atoms. The molecule has 2 fully saturated rings. The molecule has 5 amide bonds. The molecule has 340 valence electrons. The summed E-state index contributed by atoms with van der Waals surface area (Å²) in [5.74, 6) is -2.10. The molecule has 0 saturated carbocycles. The van der Waals surface area contributed by atoms with Crippen molar-refractivity contribution in [2.75, 3.05) is 44.2 Å². The fourth-order valence-electron chi connectivity index (χ4n) is 6.66. The van der Waals surface area contributed by atoms with E-state index in [9.17, 15) is 28.8 Å². The summed E-state index contributed by atoms with van der Waals surface area (Å²) in [6.45, 7) is 6.92. The maximum absolute atomic E-state index is 15.7. The third kappa shape index (κ3) is 15.4. The second kappa shape index (κ2) is 22.5. The van der Waals surface area contributed by atoms with E-state index in [0.717, 1.165) is 17.2 Å². The van der Waals surface area contributed by atoms with Crippen LogP contribution >= 0.6 is 0 Å². The Balaban J connectivity index is 1.26. The molecule has 0 radical (unpaired) electrons. The molecular weight excluding hydrogens is 822 g/mol. The largest absolute Gasteiger partial charge is 0.486 e. The number of rotatable bonds is 18. The number of nitrogens with zero attached hydrogens (tertiary/aromatic N) is 2. The van der Waals surface area contributed by atoms with E-state index in [4.69, 9.17) is 28.4 Å². The number of alkyl carbamates (subject to hydrolysis) is 2. The van der Waals surface area contributed by atoms with Crippen LogP contribution in [-0.2, 0) is 46.5 Å². The van der Waals surface area contributed by atoms with Gasteiger partial charge in [-0.25, -0.2) is 28.4 Å². The van der Waals surface area contributed by atoms with Crippen molar-refractivity contribution in [3.05, 3.63) is 95.8 Å². The number of cyclic esters (lactones) is 1. The van der Waals surface area contributed by atoms with E-state index in [1.54, 1.807) is 45.0 Å². The van der Waals surface area contributed by atoms with Crippen LogP contribution in [0, 0.1) is 5.82 Å². The highest BCUT2D eigenvalue weighted by molar-refractivity contribution is 5.90. The fourth-order valence-corrected chi connectivity index (χ4v) is 6.66. The topological polar surface area (TPSA) is 200 Å². The van der Waals surface area contributed by atoms with E-state index in [0.29, 0.717) is 12.8 Å². The first-order chi connectivity index (χ1) is 30.1. The van der Waals surface area contributed by atoms with Crippen LogP contribution in [-0.4, -0.2) is 104 Å². The Morgan fingerprint density at radius 1 is 0.873 bits per heavy atom. The molecule has 2 aliphatic rings. The number of esters is 1. The van der Waals surface area contributed by atoms with E-state index < -0.39 is 59.5 Å². The lowest BCUT2D eigenvalue weighted by atomic mass is 9.91. The van der Waals surface area contributed by atoms with Gasteiger partial charge in [-0.1, -0.05) is 60.7 Å². The molecule has 0 bridgehead atoms. The van der Waals surface area contributed by atoms with E-state index in [1.807, 2.05) is 36.4 Å². The Labute approximate surface area is 365 Å². The van der Waals surface area contributed by atoms with Crippen molar-refractivity contribution in [2.24, 2.45) is 0 Å². The number of likely N-dealkylation sites (tertiary alicyclic amines) is 1. The zero-order valence-electron chi connectivity index (χ0n) is 36.0. The predicted molar refractivity (Wildman–Crippen MR) is 226 cm³/mol. The van der Waals surface area contributed by atoms with Crippen molar-refractivity contribution < 1.29 is 61.6 Å². The molecule has 3 aromatic carbocycles. The van der Waals surface area contributed by atoms with Crippen molar-refractivity contribution in [2.45, 2.75) is 96.4 Å². The Kier molecular flexibility index (Phi) is 16.9. The lowest BCUT2D eigenvalue weighted by Gasteiger charge is -2.41. The smallest absolute Gasteiger partial charge is 0.414 e. The van der Waals surface area contributed by atoms with Crippen molar-refractivity contribution in [3.63, 3.8) is 0 Å². The SMILES string of the molecule is CC(=O)NC[C@H]1CN(c2ccc(OCC3(OC(=O)C(CCCCNC(=O)OCc4ccccc4)NC(=O)OCc4ccccc4)CCN(C(=O)OC(C)(C)C)CC3)c(F)c2)C(=O)O1. The minimum Gasteiger partial charge on any atom is -0.486 e. The summed E-state index contributed by atoms with van der Waals surface area (Å²) in [5, 5.41) is 7.90. The molecule has 5 rings (SSSR count). The number of carbonyl (C=O) groups excluding carboxylic acids is 6. The number of amides is 5. The molecule has 3 aromatic rings. The van der Waals surface area contributed by atoms with Gasteiger partial charge in [-0.2, -0.15) is 0 Å². The van der Waals surface area contributed by atoms with Gasteiger partial charge >= 0.3 is 30.3 Å². The standard InChI is InChI=1S/C45H56FN5O12/c1-31(52)48-26-35-27-51(43(57)61-35)34-18-19-38(36(46)25-34)60-30-45(20-23-50(24-21-45)42(56)63-44(2,3)4)62-39(53)37(49-41(55)59-29-33-15-9-6-10-16-33)17-11-12-22-47-40(54)58-28-32-13-7-5-8-14-32/h5-10,13-16,18-19,25,35,37H,11-12,17,20-24,26-30H2,1-4H3,(H,47,54)(H,48,52)(H,49,55)/t35-,37?/m0/s1. The fraction of sp³-hybridized carbons (Fsp3) is 0.467. The van der Waals surface area contributed by atoms with Crippen LogP contribution in [0.4, 0.5) is 29.3 Å². The molecule has 3 N–H and O–H groups in total. The summed E-state index contributed by atoms with van der Waals surface area (Å²) in [6, 6.07) is 20.9. The normalized spacial score (nSPS) is 16.2. The number of unbranched alkanes of at least 4 members (excludes halogenated alkanes) is 1. The van der Waals surface area contributed by atoms with Crippen molar-refractivity contribution in [1.29, 1.82) is 0 Å². The van der Waals surface area contributed by atoms with E-state index in [-0.39, 0.29) is 89.2 Å². The van der Waals surface area contributed by atoms with Gasteiger partial charge in [0.1, 0.15) is 43.2 Å². The third-order valence-electron chi connectivity index (χ3n) is 10.0. The summed E-state index contributed by atoms with van der Waals surface area (Å²) in [6.07, 6.45) is -2.31. The minimum atomic E-state index is -1.39. The average Bonchev–Trinajstić information content (AvgIpc) is 3.63. The predicted octanol–water partition coefficient (Wildman–Crippen LogP) is 6.37. The average molecular weight is 878 g/mol. The molecule has 63 heavy (non-hydrogen) atoms. The van der Waals surface area contributed by atoms with Crippen LogP contribution in [0.3, 0.4) is 0 Å². The van der Waals surface area contributed by atoms with Crippen LogP contribution in [0.1, 0.15) is 70.9 Å². The number of ether oxygens (including phenoxy) is 6. The Bertz CT molecular complexity index is 2030. The van der Waals surface area contributed by atoms with Crippen molar-refractivity contribution >= 4 is 41.9 Å². The van der Waals surface area contributed by atoms with Gasteiger partial charge in [-0.15, -0.1) is 0 Å². The quantitative estimate of drug-likeness (QED) is 0.0726. The maximum atomic E-state index is 15.7. The Morgan fingerprint density at radius 2 is 1.51 bits per heavy atom. The summed E-state index contributed by atoms with van der Waals surface area (Å²) in [4.78, 5) is 79.1. The van der Waals surface area contributed by atoms with E-state index in [2.05, 4.69) is 16.0 Å². The molecule has 18 heteroatoms. The first kappa shape index (κ1) is 47.5. The van der Waals surface area contributed by atoms with Gasteiger partial charge in [0.25, 0.3) is 0 Å². The molecule has 2 atom stereocenters. The third-order valence-corrected chi connectivity index (χ3v) is 10.0. The number of hydrogen-bond donors (Lipinski definition) is 3. The number of hydrogen-bond acceptors (Lipinski definition) is 12. The second-order valence-electron chi connectivity index (χ2n) is 16.3. The summed E-state index contributed by atoms with van der Waals surface area (Å²) in [5.41, 5.74) is -0.378. The Morgan fingerprint density at radius 3 is 2.11 bits per heavy atom. The van der Waals surface area contributed by atoms with Gasteiger partial charge < -0.3 is 49.3 Å². The highest BCUT2D eigenvalue weighted by Crippen LogP contribution is 2.32. The van der Waals surface area contributed by atoms with Crippen LogP contribution in [0.15, 0.2) is 78.9 Å². The van der Waals surface area contributed by atoms with Crippen LogP contribution in [0.25, 0.3) is 0 Å². The van der Waals surface area contributed by atoms with E-state index >= 15 is 4.39 Å². The lowest BCUT2D eigenvalue weighted by molar-refractivity contribution is -0.171. The van der Waals surface area contributed by atoms with Gasteiger partial charge in [-0.3, -0.25) is 9.69 Å². The number of benzene rings is 3. The zero-order chi connectivity index (χ0) is 45.4. The first-order valence-electron chi connectivity index (χ1n) is 20.9. The van der Waals surface area contributed by atoms with Crippen LogP contribution in [0.2, 0.25) is 0 Å². The zero-order valence-corrected chi connectivity index (χ0v) is 36.0. The molecule has 17 nitrogen and oxygen atoms in total. The molecule has 0 aliphatic carbocycles. The number of nitrogens with one attached hydrogen (secondary N) is 3. The summed E-state index contributed by atoms with van der Waals surface area (Å²) in [7, 11) is 0. The van der Waals surface area contributed by atoms with Gasteiger partial charge in [0.2, 0.25) is 5.91 Å². The number of halogens is 1. The van der Waals surface area contributed by atoms with Crippen LogP contribution in [0.5, 0.6) is 5.75 Å². The molecular formula is C45H56FN5O12. The lowest BCUT2D eigenvalue weighted by Crippen LogP contribution is -2.54. The van der Waals surface area contributed by atoms with Crippen molar-refractivity contribution in [1.82, 2.24) is 20.9 Å². The van der Waals surface area contributed by atoms with Crippen LogP contribution < -0.4 is 25.6 Å². The van der Waals surface area contributed by atoms with Gasteiger partial charge in [-0.05, 0) is 63.3 Å². The molecule has 1 unspecified atom stereocenters. The summed E-state index contributed by atoms with van der Waals surface area (Å²) < 4.78 is 49.4. The molecule has 2 heterocycles. The minimum absolute atomic E-state index is 0.0529. The highest BCUT2D eigenvalue weighted by Gasteiger charge is 2.43. The molecule has 0 aromatic heterocycles. The monoisotopic (exact) mass is 877 g/mol. The number of carbonyl (C=O) groups is 6. The maximum Gasteiger partial charge on any atom is 0.414 e. The first-order valence-corrected chi connectivity index (χ1v) is 20.9. The van der Waals surface area contributed by atoms with Crippen molar-refractivity contribution in [3.8, 4) is 5.75 Å². The second-order valence-corrected chi connectivity index (χ2v) is 16.3. The number of piperidine rings is 1. The highest BCUT2D eigenvalue weighted by atomic mass is 19.1. The van der Waals surface area contributed by atoms with Gasteiger partial charge in [0, 0.05) is 45.5 Å². The van der Waals surface area contributed by atoms with E-state index in [1.165, 1.54) is 28.9 Å². The summed E-state index contributed by atoms with van der Waals surface area (Å²) >= 11 is 0. The van der Waals surface area contributed by atoms with Gasteiger partial charge in [0.15, 0.2) is 11.6 Å². The molecule has 2 saturated heterocycles. The van der Waals surface area contributed by atoms with Gasteiger partial charge in [0.05, 0.1) is 18.8 Å².